The van der Waals surface area contributed by atoms with E-state index in [2.05, 4.69) is 15.5 Å². The average molecular weight is 491 g/mol. The fourth-order valence-corrected chi connectivity index (χ4v) is 5.18. The Hall–Kier alpha value is -3.12. The number of aromatic nitrogens is 4. The molecule has 2 amide bonds. The van der Waals surface area contributed by atoms with E-state index in [-0.39, 0.29) is 33.7 Å². The summed E-state index contributed by atoms with van der Waals surface area (Å²) >= 11 is 2.21. The lowest BCUT2D eigenvalue weighted by molar-refractivity contribution is -0.113. The molecule has 3 N–H and O–H groups in total. The third-order valence-corrected chi connectivity index (χ3v) is 7.12. The average Bonchev–Trinajstić information content (AvgIpc) is 3.44. The Kier molecular flexibility index (Phi) is 7.92. The number of nitrogens with zero attached hydrogens (tertiary/aromatic N) is 4. The van der Waals surface area contributed by atoms with Crippen molar-refractivity contribution in [2.75, 3.05) is 17.7 Å². The Labute approximate surface area is 199 Å². The first-order chi connectivity index (χ1) is 15.8. The van der Waals surface area contributed by atoms with Gasteiger partial charge in [0.05, 0.1) is 22.8 Å². The zero-order chi connectivity index (χ0) is 24.1. The van der Waals surface area contributed by atoms with Crippen molar-refractivity contribution in [3.05, 3.63) is 45.9 Å². The van der Waals surface area contributed by atoms with E-state index in [1.807, 2.05) is 41.4 Å². The van der Waals surface area contributed by atoms with Crippen molar-refractivity contribution in [3.63, 3.8) is 0 Å². The van der Waals surface area contributed by atoms with E-state index < -0.39 is 11.9 Å². The number of rotatable bonds is 10. The standard InChI is InChI=1S/C21H26N6O4S2/c1-5-27-14(10-13-8-7-9-26(13)4)24-25-21(27)32-11-15(28)23-19-16(20(30)31-6-2)12(3)17(33-19)18(22)29/h7-9H,5-6,10-11H2,1-4H3,(H2,22,29)(H,23,28). The molecular weight excluding hydrogens is 464 g/mol. The van der Waals surface area contributed by atoms with Gasteiger partial charge in [-0.05, 0) is 38.5 Å². The van der Waals surface area contributed by atoms with Crippen LogP contribution in [0.15, 0.2) is 23.5 Å². The van der Waals surface area contributed by atoms with Crippen LogP contribution in [0.4, 0.5) is 5.00 Å². The highest BCUT2D eigenvalue weighted by atomic mass is 32.2. The van der Waals surface area contributed by atoms with E-state index in [4.69, 9.17) is 10.5 Å². The number of primary amides is 1. The molecule has 0 aromatic carbocycles. The molecule has 0 radical (unpaired) electrons. The first-order valence-corrected chi connectivity index (χ1v) is 12.1. The van der Waals surface area contributed by atoms with Crippen molar-refractivity contribution in [3.8, 4) is 0 Å². The molecule has 0 unspecified atom stereocenters. The van der Waals surface area contributed by atoms with Crippen LogP contribution in [0.25, 0.3) is 0 Å². The maximum absolute atomic E-state index is 12.7. The molecule has 10 nitrogen and oxygen atoms in total. The number of esters is 1. The minimum absolute atomic E-state index is 0.0490. The van der Waals surface area contributed by atoms with Crippen LogP contribution in [0.1, 0.15) is 51.0 Å². The summed E-state index contributed by atoms with van der Waals surface area (Å²) in [7, 11) is 1.97. The van der Waals surface area contributed by atoms with E-state index >= 15 is 0 Å². The fourth-order valence-electron chi connectivity index (χ4n) is 3.29. The lowest BCUT2D eigenvalue weighted by Crippen LogP contribution is -2.17. The van der Waals surface area contributed by atoms with Gasteiger partial charge in [0.25, 0.3) is 5.91 Å². The summed E-state index contributed by atoms with van der Waals surface area (Å²) in [5.74, 6) is -0.769. The van der Waals surface area contributed by atoms with Crippen LogP contribution in [0, 0.1) is 6.92 Å². The summed E-state index contributed by atoms with van der Waals surface area (Å²) in [5.41, 5.74) is 7.06. The molecule has 3 rings (SSSR count). The number of thiophene rings is 1. The predicted octanol–water partition coefficient (Wildman–Crippen LogP) is 2.60. The van der Waals surface area contributed by atoms with Gasteiger partial charge in [-0.3, -0.25) is 9.59 Å². The lowest BCUT2D eigenvalue weighted by atomic mass is 10.1. The zero-order valence-electron chi connectivity index (χ0n) is 18.9. The molecule has 0 aliphatic rings. The van der Waals surface area contributed by atoms with Crippen molar-refractivity contribution in [2.24, 2.45) is 12.8 Å². The number of ether oxygens (including phenoxy) is 1. The van der Waals surface area contributed by atoms with Gasteiger partial charge < -0.3 is 24.9 Å². The van der Waals surface area contributed by atoms with Crippen molar-refractivity contribution >= 4 is 45.9 Å². The Morgan fingerprint density at radius 2 is 2.03 bits per heavy atom. The van der Waals surface area contributed by atoms with Crippen LogP contribution in [0.3, 0.4) is 0 Å². The molecule has 0 fully saturated rings. The highest BCUT2D eigenvalue weighted by Gasteiger charge is 2.26. The molecule has 0 saturated carbocycles. The van der Waals surface area contributed by atoms with Gasteiger partial charge in [0.2, 0.25) is 5.91 Å². The van der Waals surface area contributed by atoms with Gasteiger partial charge in [0, 0.05) is 31.9 Å². The molecule has 3 heterocycles. The molecule has 176 valence electrons. The molecule has 12 heteroatoms. The molecule has 33 heavy (non-hydrogen) atoms. The number of hydrogen-bond donors (Lipinski definition) is 2. The van der Waals surface area contributed by atoms with Crippen LogP contribution < -0.4 is 11.1 Å². The van der Waals surface area contributed by atoms with E-state index in [1.54, 1.807) is 13.8 Å². The van der Waals surface area contributed by atoms with E-state index in [1.165, 1.54) is 11.8 Å². The molecule has 0 spiro atoms. The smallest absolute Gasteiger partial charge is 0.341 e. The number of anilines is 1. The van der Waals surface area contributed by atoms with Crippen LogP contribution in [-0.2, 0) is 29.5 Å². The molecule has 0 aliphatic heterocycles. The van der Waals surface area contributed by atoms with Gasteiger partial charge >= 0.3 is 5.97 Å². The number of nitrogens with one attached hydrogen (secondary N) is 1. The van der Waals surface area contributed by atoms with Crippen molar-refractivity contribution < 1.29 is 19.1 Å². The Morgan fingerprint density at radius 1 is 1.27 bits per heavy atom. The first-order valence-electron chi connectivity index (χ1n) is 10.3. The van der Waals surface area contributed by atoms with Gasteiger partial charge in [-0.15, -0.1) is 21.5 Å². The Morgan fingerprint density at radius 3 is 2.64 bits per heavy atom. The minimum Gasteiger partial charge on any atom is -0.462 e. The van der Waals surface area contributed by atoms with Crippen LogP contribution in [-0.4, -0.2) is 49.5 Å². The van der Waals surface area contributed by atoms with Crippen LogP contribution in [0.2, 0.25) is 0 Å². The second-order valence-corrected chi connectivity index (χ2v) is 9.08. The molecule has 3 aromatic heterocycles. The van der Waals surface area contributed by atoms with Crippen molar-refractivity contribution in [1.82, 2.24) is 19.3 Å². The number of carbonyl (C=O) groups is 3. The summed E-state index contributed by atoms with van der Waals surface area (Å²) in [5, 5.41) is 12.1. The van der Waals surface area contributed by atoms with Gasteiger partial charge in [-0.2, -0.15) is 0 Å². The predicted molar refractivity (Wildman–Crippen MR) is 127 cm³/mol. The zero-order valence-corrected chi connectivity index (χ0v) is 20.5. The third kappa shape index (κ3) is 5.45. The second-order valence-electron chi connectivity index (χ2n) is 7.11. The molecule has 0 atom stereocenters. The first kappa shape index (κ1) is 24.5. The maximum atomic E-state index is 12.7. The van der Waals surface area contributed by atoms with E-state index in [9.17, 15) is 14.4 Å². The van der Waals surface area contributed by atoms with Gasteiger partial charge in [-0.1, -0.05) is 11.8 Å². The van der Waals surface area contributed by atoms with E-state index in [0.29, 0.717) is 23.7 Å². The van der Waals surface area contributed by atoms with Gasteiger partial charge in [-0.25, -0.2) is 4.79 Å². The third-order valence-electron chi connectivity index (χ3n) is 4.94. The fraction of sp³-hybridized carbons (Fsp3) is 0.381. The molecule has 0 aliphatic carbocycles. The second kappa shape index (κ2) is 10.7. The maximum Gasteiger partial charge on any atom is 0.341 e. The lowest BCUT2D eigenvalue weighted by Gasteiger charge is -2.09. The number of amides is 2. The largest absolute Gasteiger partial charge is 0.462 e. The SMILES string of the molecule is CCOC(=O)c1c(NC(=O)CSc2nnc(Cc3cccn3C)n2CC)sc(C(N)=O)c1C. The summed E-state index contributed by atoms with van der Waals surface area (Å²) in [6.45, 7) is 6.11. The number of carbonyl (C=O) groups excluding carboxylic acids is 3. The molecule has 0 bridgehead atoms. The normalized spacial score (nSPS) is 10.9. The highest BCUT2D eigenvalue weighted by Crippen LogP contribution is 2.33. The monoisotopic (exact) mass is 490 g/mol. The number of aryl methyl sites for hydroxylation is 1. The number of hydrogen-bond acceptors (Lipinski definition) is 8. The van der Waals surface area contributed by atoms with Crippen LogP contribution in [0.5, 0.6) is 0 Å². The minimum atomic E-state index is -0.667. The summed E-state index contributed by atoms with van der Waals surface area (Å²) in [6, 6.07) is 4.00. The molecule has 0 saturated heterocycles. The van der Waals surface area contributed by atoms with Crippen molar-refractivity contribution in [1.29, 1.82) is 0 Å². The van der Waals surface area contributed by atoms with Gasteiger partial charge in [0.1, 0.15) is 10.8 Å². The quantitative estimate of drug-likeness (QED) is 0.329. The summed E-state index contributed by atoms with van der Waals surface area (Å²) < 4.78 is 9.07. The van der Waals surface area contributed by atoms with Crippen molar-refractivity contribution in [2.45, 2.75) is 38.9 Å². The van der Waals surface area contributed by atoms with Crippen LogP contribution >= 0.6 is 23.1 Å². The van der Waals surface area contributed by atoms with E-state index in [0.717, 1.165) is 22.9 Å². The van der Waals surface area contributed by atoms with Gasteiger partial charge in [0.15, 0.2) is 5.16 Å². The topological polar surface area (TPSA) is 134 Å². The molecule has 3 aromatic rings. The highest BCUT2D eigenvalue weighted by molar-refractivity contribution is 7.99. The molecular formula is C21H26N6O4S2. The number of nitrogens with two attached hydrogens (primary N) is 1. The summed E-state index contributed by atoms with van der Waals surface area (Å²) in [6.07, 6.45) is 2.60. The Balaban J connectivity index is 1.72. The number of thioether (sulfide) groups is 1. The Bertz CT molecular complexity index is 1180. The summed E-state index contributed by atoms with van der Waals surface area (Å²) in [4.78, 5) is 37.0.